The number of benzene rings is 1. The first-order valence-electron chi connectivity index (χ1n) is 9.57. The van der Waals surface area contributed by atoms with Crippen molar-refractivity contribution in [3.63, 3.8) is 0 Å². The van der Waals surface area contributed by atoms with E-state index in [4.69, 9.17) is 9.26 Å². The number of hydrogen-bond donors (Lipinski definition) is 1. The second kappa shape index (κ2) is 10.5. The van der Waals surface area contributed by atoms with Crippen molar-refractivity contribution >= 4 is 5.96 Å². The van der Waals surface area contributed by atoms with Crippen LogP contribution in [0.5, 0.6) is 5.75 Å². The van der Waals surface area contributed by atoms with Crippen molar-refractivity contribution in [1.29, 1.82) is 0 Å². The van der Waals surface area contributed by atoms with Gasteiger partial charge in [-0.15, -0.1) is 0 Å². The van der Waals surface area contributed by atoms with Crippen LogP contribution in [0.3, 0.4) is 0 Å². The van der Waals surface area contributed by atoms with E-state index in [0.717, 1.165) is 30.6 Å². The normalized spacial score (nSPS) is 11.7. The van der Waals surface area contributed by atoms with Crippen LogP contribution < -0.4 is 10.1 Å². The van der Waals surface area contributed by atoms with Crippen molar-refractivity contribution in [2.24, 2.45) is 4.99 Å². The third kappa shape index (κ3) is 6.58. The first kappa shape index (κ1) is 20.7. The second-order valence-corrected chi connectivity index (χ2v) is 6.62. The van der Waals surface area contributed by atoms with Gasteiger partial charge in [0.1, 0.15) is 5.75 Å². The quantitative estimate of drug-likeness (QED) is 0.537. The summed E-state index contributed by atoms with van der Waals surface area (Å²) in [6, 6.07) is 8.16. The minimum absolute atomic E-state index is 0.267. The summed E-state index contributed by atoms with van der Waals surface area (Å²) >= 11 is 0. The first-order valence-corrected chi connectivity index (χ1v) is 9.57. The molecule has 0 fully saturated rings. The zero-order valence-electron chi connectivity index (χ0n) is 17.0. The lowest BCUT2D eigenvalue weighted by Crippen LogP contribution is -2.38. The summed E-state index contributed by atoms with van der Waals surface area (Å²) in [6.07, 6.45) is 0.630. The van der Waals surface area contributed by atoms with Crippen LogP contribution in [-0.4, -0.2) is 47.7 Å². The first-order chi connectivity index (χ1) is 13.0. The van der Waals surface area contributed by atoms with Crippen LogP contribution in [0.4, 0.5) is 0 Å². The summed E-state index contributed by atoms with van der Waals surface area (Å²) in [7, 11) is 2.03. The molecule has 0 amide bonds. The fourth-order valence-corrected chi connectivity index (χ4v) is 2.54. The van der Waals surface area contributed by atoms with Gasteiger partial charge in [-0.3, -0.25) is 4.99 Å². The molecule has 1 aromatic carbocycles. The maximum Gasteiger partial charge on any atom is 0.228 e. The van der Waals surface area contributed by atoms with Crippen molar-refractivity contribution < 1.29 is 9.26 Å². The van der Waals surface area contributed by atoms with Gasteiger partial charge in [0.15, 0.2) is 11.8 Å². The minimum atomic E-state index is 0.267. The molecule has 0 aliphatic heterocycles. The molecule has 0 unspecified atom stereocenters. The summed E-state index contributed by atoms with van der Waals surface area (Å²) < 4.78 is 10.8. The van der Waals surface area contributed by atoms with E-state index in [1.165, 1.54) is 5.56 Å². The molecule has 0 atom stereocenters. The highest BCUT2D eigenvalue weighted by Crippen LogP contribution is 2.13. The minimum Gasteiger partial charge on any atom is -0.494 e. The molecular weight excluding hydrogens is 342 g/mol. The van der Waals surface area contributed by atoms with Gasteiger partial charge in [-0.1, -0.05) is 31.1 Å². The second-order valence-electron chi connectivity index (χ2n) is 6.62. The zero-order chi connectivity index (χ0) is 19.6. The van der Waals surface area contributed by atoms with Gasteiger partial charge in [0.25, 0.3) is 0 Å². The molecule has 0 bridgehead atoms. The Kier molecular flexibility index (Phi) is 8.10. The molecule has 1 heterocycles. The maximum atomic E-state index is 5.49. The van der Waals surface area contributed by atoms with E-state index in [0.29, 0.717) is 25.5 Å². The lowest BCUT2D eigenvalue weighted by Gasteiger charge is -2.22. The van der Waals surface area contributed by atoms with E-state index in [9.17, 15) is 0 Å². The predicted molar refractivity (Wildman–Crippen MR) is 107 cm³/mol. The van der Waals surface area contributed by atoms with Crippen LogP contribution >= 0.6 is 0 Å². The fraction of sp³-hybridized carbons (Fsp3) is 0.550. The third-order valence-corrected chi connectivity index (χ3v) is 3.94. The molecule has 27 heavy (non-hydrogen) atoms. The molecule has 1 N–H and O–H groups in total. The molecule has 2 aromatic rings. The summed E-state index contributed by atoms with van der Waals surface area (Å²) in [5, 5.41) is 7.32. The molecule has 7 nitrogen and oxygen atoms in total. The predicted octanol–water partition coefficient (Wildman–Crippen LogP) is 3.23. The van der Waals surface area contributed by atoms with Crippen LogP contribution in [-0.2, 0) is 13.0 Å². The number of hydrogen-bond acceptors (Lipinski definition) is 5. The molecule has 0 saturated heterocycles. The zero-order valence-corrected chi connectivity index (χ0v) is 17.0. The Morgan fingerprint density at radius 3 is 2.59 bits per heavy atom. The number of ether oxygens (including phenoxy) is 1. The van der Waals surface area contributed by atoms with Crippen LogP contribution in [0.25, 0.3) is 0 Å². The van der Waals surface area contributed by atoms with Crippen molar-refractivity contribution in [1.82, 2.24) is 20.4 Å². The molecule has 1 aromatic heterocycles. The maximum absolute atomic E-state index is 5.49. The molecular formula is C20H31N5O2. The fourth-order valence-electron chi connectivity index (χ4n) is 2.54. The average molecular weight is 374 g/mol. The Bertz CT molecular complexity index is 709. The average Bonchev–Trinajstić information content (AvgIpc) is 3.12. The Balaban J connectivity index is 1.93. The van der Waals surface area contributed by atoms with E-state index < -0.39 is 0 Å². The van der Waals surface area contributed by atoms with Gasteiger partial charge in [-0.25, -0.2) is 0 Å². The van der Waals surface area contributed by atoms with E-state index in [1.54, 1.807) is 0 Å². The molecule has 0 aliphatic rings. The van der Waals surface area contributed by atoms with Crippen molar-refractivity contribution in [3.8, 4) is 5.75 Å². The lowest BCUT2D eigenvalue weighted by atomic mass is 10.2. The number of guanidine groups is 1. The molecule has 0 saturated carbocycles. The van der Waals surface area contributed by atoms with Gasteiger partial charge >= 0.3 is 0 Å². The number of rotatable bonds is 9. The van der Waals surface area contributed by atoms with Gasteiger partial charge in [-0.05, 0) is 31.5 Å². The number of aliphatic imine (C=N–C) groups is 1. The summed E-state index contributed by atoms with van der Waals surface area (Å²) in [6.45, 7) is 11.0. The van der Waals surface area contributed by atoms with Crippen LogP contribution in [0.2, 0.25) is 0 Å². The Morgan fingerprint density at radius 1 is 1.26 bits per heavy atom. The summed E-state index contributed by atoms with van der Waals surface area (Å²) in [5.74, 6) is 3.39. The smallest absolute Gasteiger partial charge is 0.228 e. The summed E-state index contributed by atoms with van der Waals surface area (Å²) in [4.78, 5) is 11.2. The van der Waals surface area contributed by atoms with E-state index in [2.05, 4.69) is 44.4 Å². The number of nitrogens with one attached hydrogen (secondary N) is 1. The van der Waals surface area contributed by atoms with Gasteiger partial charge in [0.05, 0.1) is 13.2 Å². The largest absolute Gasteiger partial charge is 0.494 e. The monoisotopic (exact) mass is 373 g/mol. The highest BCUT2D eigenvalue weighted by atomic mass is 16.5. The van der Waals surface area contributed by atoms with Gasteiger partial charge < -0.3 is 19.5 Å². The van der Waals surface area contributed by atoms with Crippen molar-refractivity contribution in [2.45, 2.75) is 46.6 Å². The Labute approximate surface area is 161 Å². The van der Waals surface area contributed by atoms with Crippen molar-refractivity contribution in [2.75, 3.05) is 26.7 Å². The van der Waals surface area contributed by atoms with Gasteiger partial charge in [0.2, 0.25) is 5.89 Å². The number of aromatic nitrogens is 2. The van der Waals surface area contributed by atoms with Gasteiger partial charge in [0, 0.05) is 32.5 Å². The van der Waals surface area contributed by atoms with Crippen LogP contribution in [0, 0.1) is 0 Å². The lowest BCUT2D eigenvalue weighted by molar-refractivity contribution is 0.340. The van der Waals surface area contributed by atoms with E-state index in [-0.39, 0.29) is 5.92 Å². The third-order valence-electron chi connectivity index (χ3n) is 3.94. The van der Waals surface area contributed by atoms with Crippen LogP contribution in [0.15, 0.2) is 33.8 Å². The van der Waals surface area contributed by atoms with E-state index in [1.807, 2.05) is 40.0 Å². The van der Waals surface area contributed by atoms with E-state index >= 15 is 0 Å². The highest BCUT2D eigenvalue weighted by molar-refractivity contribution is 5.79. The van der Waals surface area contributed by atoms with Crippen molar-refractivity contribution in [3.05, 3.63) is 41.5 Å². The number of nitrogens with zero attached hydrogens (tertiary/aromatic N) is 4. The SMILES string of the molecule is CCNC(=NCCc1nc(C(C)C)no1)N(C)Cc1ccc(OCC)cc1. The summed E-state index contributed by atoms with van der Waals surface area (Å²) in [5.41, 5.74) is 1.20. The van der Waals surface area contributed by atoms with Crippen LogP contribution in [0.1, 0.15) is 50.9 Å². The topological polar surface area (TPSA) is 75.8 Å². The molecule has 0 radical (unpaired) electrons. The molecule has 0 aliphatic carbocycles. The molecule has 0 spiro atoms. The van der Waals surface area contributed by atoms with Gasteiger partial charge in [-0.2, -0.15) is 4.98 Å². The Hall–Kier alpha value is -2.57. The highest BCUT2D eigenvalue weighted by Gasteiger charge is 2.10. The standard InChI is InChI=1S/C20H31N5O2/c1-6-21-20(22-13-12-18-23-19(15(3)4)24-27-18)25(5)14-16-8-10-17(11-9-16)26-7-2/h8-11,15H,6-7,12-14H2,1-5H3,(H,21,22). The Morgan fingerprint density at radius 2 is 2.00 bits per heavy atom. The molecule has 148 valence electrons. The molecule has 7 heteroatoms. The molecule has 2 rings (SSSR count).